The third-order valence-corrected chi connectivity index (χ3v) is 8.23. The fourth-order valence-corrected chi connectivity index (χ4v) is 6.53. The van der Waals surface area contributed by atoms with E-state index >= 15 is 0 Å². The molecule has 7 rings (SSSR count). The first-order chi connectivity index (χ1) is 17.4. The molecule has 0 spiro atoms. The highest BCUT2D eigenvalue weighted by molar-refractivity contribution is 5.92. The van der Waals surface area contributed by atoms with Crippen LogP contribution in [0.4, 0.5) is 14.5 Å². The van der Waals surface area contributed by atoms with Crippen LogP contribution in [-0.2, 0) is 0 Å². The van der Waals surface area contributed by atoms with Gasteiger partial charge in [-0.1, -0.05) is 6.07 Å². The molecule has 3 aliphatic carbocycles. The predicted molar refractivity (Wildman–Crippen MR) is 131 cm³/mol. The topological polar surface area (TPSA) is 94.2 Å². The number of aromatic nitrogens is 3. The fraction of sp³-hybridized carbons (Fsp3) is 0.462. The van der Waals surface area contributed by atoms with Crippen molar-refractivity contribution < 1.29 is 13.6 Å². The van der Waals surface area contributed by atoms with Crippen molar-refractivity contribution in [3.63, 3.8) is 0 Å². The summed E-state index contributed by atoms with van der Waals surface area (Å²) in [6.07, 6.45) is 3.16. The number of fused-ring (bicyclic) bond motifs is 2. The van der Waals surface area contributed by atoms with Crippen molar-refractivity contribution in [2.24, 2.45) is 11.3 Å². The smallest absolute Gasteiger partial charge is 0.269 e. The molecule has 1 aromatic carbocycles. The molecule has 2 bridgehead atoms. The Balaban J connectivity index is 1.10. The molecule has 2 aromatic heterocycles. The molecule has 4 fully saturated rings. The second-order valence-corrected chi connectivity index (χ2v) is 10.4. The summed E-state index contributed by atoms with van der Waals surface area (Å²) in [5, 5.41) is 2.48. The average Bonchev–Trinajstić information content (AvgIpc) is 3.40. The Hall–Kier alpha value is -3.40. The maximum absolute atomic E-state index is 14.6. The summed E-state index contributed by atoms with van der Waals surface area (Å²) < 4.78 is 28.7. The molecule has 188 valence electrons. The maximum atomic E-state index is 14.6. The molecule has 4 aliphatic rings. The van der Waals surface area contributed by atoms with Gasteiger partial charge in [0.25, 0.3) is 11.5 Å². The number of benzene rings is 1. The number of halogens is 2. The minimum absolute atomic E-state index is 0.0223. The molecular formula is C26H28F2N6O2. The number of anilines is 1. The number of H-pyrrole nitrogens is 1. The number of rotatable bonds is 5. The van der Waals surface area contributed by atoms with Crippen LogP contribution in [0, 0.1) is 23.1 Å². The molecule has 3 aromatic rings. The predicted octanol–water partition coefficient (Wildman–Crippen LogP) is 2.66. The Bertz CT molecular complexity index is 1390. The lowest BCUT2D eigenvalue weighted by molar-refractivity contribution is 0.0730. The summed E-state index contributed by atoms with van der Waals surface area (Å²) in [6, 6.07) is 7.74. The van der Waals surface area contributed by atoms with E-state index in [1.165, 1.54) is 13.1 Å². The molecule has 1 amide bonds. The second-order valence-electron chi connectivity index (χ2n) is 10.4. The highest BCUT2D eigenvalue weighted by Gasteiger charge is 2.57. The van der Waals surface area contributed by atoms with Gasteiger partial charge in [0, 0.05) is 45.7 Å². The first-order valence-electron chi connectivity index (χ1n) is 12.4. The van der Waals surface area contributed by atoms with E-state index in [2.05, 4.69) is 25.2 Å². The summed E-state index contributed by atoms with van der Waals surface area (Å²) in [5.74, 6) is -0.230. The standard InChI is InChI=1S/C26H28F2N6O2/c1-29-24(35)19-5-6-20(22(28)30-19)34-9-7-33(8-10-34)14-26-11-15(12-26)16(13-26)23-31-18-4-2-3-17(27)21(18)25(36)32-23/h2-6,15-16H,7-14H2,1H3,(H,29,35)(H,31,32,36). The van der Waals surface area contributed by atoms with Gasteiger partial charge in [-0.25, -0.2) is 14.4 Å². The fourth-order valence-electron chi connectivity index (χ4n) is 6.53. The van der Waals surface area contributed by atoms with E-state index in [0.717, 1.165) is 38.9 Å². The number of amides is 1. The summed E-state index contributed by atoms with van der Waals surface area (Å²) in [6.45, 7) is 3.98. The van der Waals surface area contributed by atoms with Gasteiger partial charge in [-0.3, -0.25) is 14.5 Å². The minimum Gasteiger partial charge on any atom is -0.365 e. The van der Waals surface area contributed by atoms with Gasteiger partial charge >= 0.3 is 0 Å². The molecule has 2 N–H and O–H groups in total. The van der Waals surface area contributed by atoms with Crippen LogP contribution in [0.5, 0.6) is 0 Å². The van der Waals surface area contributed by atoms with Crippen LogP contribution in [-0.4, -0.2) is 65.5 Å². The van der Waals surface area contributed by atoms with Gasteiger partial charge in [-0.05, 0) is 54.9 Å². The molecule has 1 aliphatic heterocycles. The average molecular weight is 495 g/mol. The van der Waals surface area contributed by atoms with E-state index in [-0.39, 0.29) is 22.4 Å². The zero-order valence-corrected chi connectivity index (χ0v) is 20.1. The number of nitrogens with zero attached hydrogens (tertiary/aromatic N) is 4. The second kappa shape index (κ2) is 8.62. The normalized spacial score (nSPS) is 25.7. The molecule has 10 heteroatoms. The first kappa shape index (κ1) is 23.0. The van der Waals surface area contributed by atoms with E-state index in [0.29, 0.717) is 36.0 Å². The number of carbonyl (C=O) groups is 1. The van der Waals surface area contributed by atoms with Gasteiger partial charge in [0.15, 0.2) is 0 Å². The van der Waals surface area contributed by atoms with Gasteiger partial charge in [0.05, 0.1) is 11.2 Å². The Morgan fingerprint density at radius 1 is 1.11 bits per heavy atom. The van der Waals surface area contributed by atoms with E-state index in [1.807, 2.05) is 4.90 Å². The Morgan fingerprint density at radius 3 is 2.61 bits per heavy atom. The number of aromatic amines is 1. The molecule has 36 heavy (non-hydrogen) atoms. The zero-order valence-electron chi connectivity index (χ0n) is 20.1. The third-order valence-electron chi connectivity index (χ3n) is 8.23. The van der Waals surface area contributed by atoms with E-state index in [4.69, 9.17) is 0 Å². The first-order valence-corrected chi connectivity index (χ1v) is 12.4. The largest absolute Gasteiger partial charge is 0.365 e. The molecular weight excluding hydrogens is 466 g/mol. The minimum atomic E-state index is -0.625. The van der Waals surface area contributed by atoms with Crippen LogP contribution in [0.2, 0.25) is 0 Å². The van der Waals surface area contributed by atoms with Crippen molar-refractivity contribution in [1.29, 1.82) is 0 Å². The van der Waals surface area contributed by atoms with Crippen molar-refractivity contribution in [2.45, 2.75) is 25.2 Å². The van der Waals surface area contributed by atoms with Crippen molar-refractivity contribution in [3.05, 3.63) is 64.0 Å². The molecule has 3 heterocycles. The van der Waals surface area contributed by atoms with Gasteiger partial charge in [-0.15, -0.1) is 0 Å². The highest BCUT2D eigenvalue weighted by atomic mass is 19.1. The number of piperazine rings is 1. The SMILES string of the molecule is CNC(=O)c1ccc(N2CCN(CC34CC(C3)C(c3nc5cccc(F)c5c(=O)[nH]3)C4)CC2)c(F)n1. The molecule has 0 radical (unpaired) electrons. The van der Waals surface area contributed by atoms with Gasteiger partial charge < -0.3 is 15.2 Å². The zero-order chi connectivity index (χ0) is 25.0. The lowest BCUT2D eigenvalue weighted by Gasteiger charge is -2.45. The van der Waals surface area contributed by atoms with E-state index < -0.39 is 23.2 Å². The molecule has 1 saturated heterocycles. The lowest BCUT2D eigenvalue weighted by atomic mass is 9.69. The van der Waals surface area contributed by atoms with Crippen LogP contribution in [0.3, 0.4) is 0 Å². The number of hydrogen-bond donors (Lipinski definition) is 2. The van der Waals surface area contributed by atoms with Crippen LogP contribution < -0.4 is 15.8 Å². The monoisotopic (exact) mass is 494 g/mol. The van der Waals surface area contributed by atoms with Crippen molar-refractivity contribution in [3.8, 4) is 0 Å². The number of hydrogen-bond acceptors (Lipinski definition) is 6. The number of carbonyl (C=O) groups excluding carboxylic acids is 1. The van der Waals surface area contributed by atoms with Crippen LogP contribution in [0.25, 0.3) is 10.9 Å². The quantitative estimate of drug-likeness (QED) is 0.530. The maximum Gasteiger partial charge on any atom is 0.269 e. The molecule has 8 nitrogen and oxygen atoms in total. The van der Waals surface area contributed by atoms with Crippen LogP contribution >= 0.6 is 0 Å². The van der Waals surface area contributed by atoms with Gasteiger partial charge in [-0.2, -0.15) is 4.39 Å². The Kier molecular flexibility index (Phi) is 5.51. The van der Waals surface area contributed by atoms with Gasteiger partial charge in [0.1, 0.15) is 22.7 Å². The Morgan fingerprint density at radius 2 is 1.89 bits per heavy atom. The summed E-state index contributed by atoms with van der Waals surface area (Å²) in [5.41, 5.74) is 0.696. The van der Waals surface area contributed by atoms with E-state index in [9.17, 15) is 18.4 Å². The van der Waals surface area contributed by atoms with Crippen LogP contribution in [0.1, 0.15) is 41.5 Å². The van der Waals surface area contributed by atoms with Gasteiger partial charge in [0.2, 0.25) is 5.95 Å². The molecule has 1 unspecified atom stereocenters. The van der Waals surface area contributed by atoms with Crippen molar-refractivity contribution in [1.82, 2.24) is 25.2 Å². The molecule has 3 saturated carbocycles. The summed E-state index contributed by atoms with van der Waals surface area (Å²) in [7, 11) is 1.49. The lowest BCUT2D eigenvalue weighted by Crippen LogP contribution is -2.51. The summed E-state index contributed by atoms with van der Waals surface area (Å²) in [4.78, 5) is 40.0. The number of pyridine rings is 1. The number of nitrogens with one attached hydrogen (secondary N) is 2. The third kappa shape index (κ3) is 3.84. The van der Waals surface area contributed by atoms with Crippen molar-refractivity contribution >= 4 is 22.5 Å². The molecule has 1 atom stereocenters. The summed E-state index contributed by atoms with van der Waals surface area (Å²) >= 11 is 0. The highest BCUT2D eigenvalue weighted by Crippen LogP contribution is 2.64. The van der Waals surface area contributed by atoms with Crippen LogP contribution in [0.15, 0.2) is 35.1 Å². The Labute approximate surface area is 206 Å². The van der Waals surface area contributed by atoms with Crippen molar-refractivity contribution in [2.75, 3.05) is 44.7 Å². The van der Waals surface area contributed by atoms with E-state index in [1.54, 1.807) is 24.3 Å².